The second kappa shape index (κ2) is 8.12. The molecule has 1 rings (SSSR count). The van der Waals surface area contributed by atoms with Crippen LogP contribution in [-0.2, 0) is 13.5 Å². The summed E-state index contributed by atoms with van der Waals surface area (Å²) < 4.78 is 1.71. The topological polar surface area (TPSA) is 73.0 Å². The largest absolute Gasteiger partial charge is 0.314 e. The fraction of sp³-hybridized carbons (Fsp3) is 0.800. The highest BCUT2D eigenvalue weighted by atomic mass is 16.6. The predicted molar refractivity (Wildman–Crippen MR) is 84.6 cm³/mol. The molecule has 0 spiro atoms. The van der Waals surface area contributed by atoms with Gasteiger partial charge in [-0.1, -0.05) is 27.2 Å². The monoisotopic (exact) mass is 296 g/mol. The molecule has 0 aliphatic rings. The van der Waals surface area contributed by atoms with Gasteiger partial charge in [0, 0.05) is 19.0 Å². The molecule has 1 aromatic rings. The smallest absolute Gasteiger partial charge is 0.313 e. The quantitative estimate of drug-likeness (QED) is 0.561. The van der Waals surface area contributed by atoms with Gasteiger partial charge in [-0.2, -0.15) is 5.10 Å². The van der Waals surface area contributed by atoms with Gasteiger partial charge < -0.3 is 5.32 Å². The molecule has 0 fully saturated rings. The third-order valence-corrected chi connectivity index (χ3v) is 3.92. The van der Waals surface area contributed by atoms with Crippen molar-refractivity contribution in [3.63, 3.8) is 0 Å². The van der Waals surface area contributed by atoms with Gasteiger partial charge in [0.25, 0.3) is 0 Å². The zero-order valence-corrected chi connectivity index (χ0v) is 13.8. The molecule has 0 aliphatic carbocycles. The van der Waals surface area contributed by atoms with E-state index in [4.69, 9.17) is 0 Å². The van der Waals surface area contributed by atoms with Gasteiger partial charge in [0.05, 0.1) is 4.92 Å². The van der Waals surface area contributed by atoms with Gasteiger partial charge in [-0.3, -0.25) is 14.8 Å². The summed E-state index contributed by atoms with van der Waals surface area (Å²) >= 11 is 0. The van der Waals surface area contributed by atoms with E-state index in [9.17, 15) is 10.1 Å². The van der Waals surface area contributed by atoms with Crippen LogP contribution in [0.15, 0.2) is 0 Å². The van der Waals surface area contributed by atoms with Gasteiger partial charge >= 0.3 is 5.69 Å². The van der Waals surface area contributed by atoms with Crippen LogP contribution in [0.5, 0.6) is 0 Å². The molecule has 0 bridgehead atoms. The lowest BCUT2D eigenvalue weighted by atomic mass is 9.92. The number of aromatic nitrogens is 2. The summed E-state index contributed by atoms with van der Waals surface area (Å²) in [5, 5.41) is 19.4. The van der Waals surface area contributed by atoms with Crippen molar-refractivity contribution in [1.82, 2.24) is 15.1 Å². The number of nitrogens with one attached hydrogen (secondary N) is 1. The summed E-state index contributed by atoms with van der Waals surface area (Å²) in [6, 6.07) is 0.193. The molecule has 2 atom stereocenters. The number of hydrogen-bond donors (Lipinski definition) is 1. The Hall–Kier alpha value is -1.43. The van der Waals surface area contributed by atoms with E-state index in [2.05, 4.69) is 31.2 Å². The maximum Gasteiger partial charge on any atom is 0.313 e. The number of aryl methyl sites for hydroxylation is 2. The Morgan fingerprint density at radius 3 is 2.48 bits per heavy atom. The highest BCUT2D eigenvalue weighted by molar-refractivity contribution is 5.44. The molecule has 6 heteroatoms. The van der Waals surface area contributed by atoms with E-state index in [-0.39, 0.29) is 22.6 Å². The second-order valence-corrected chi connectivity index (χ2v) is 5.57. The number of nitro groups is 1. The zero-order valence-electron chi connectivity index (χ0n) is 13.8. The maximum atomic E-state index is 11.5. The van der Waals surface area contributed by atoms with E-state index >= 15 is 0 Å². The Morgan fingerprint density at radius 2 is 2.00 bits per heavy atom. The summed E-state index contributed by atoms with van der Waals surface area (Å²) in [4.78, 5) is 11.3. The van der Waals surface area contributed by atoms with E-state index in [1.807, 2.05) is 14.0 Å². The first-order valence-electron chi connectivity index (χ1n) is 7.91. The minimum absolute atomic E-state index is 0.0973. The molecule has 0 aliphatic heterocycles. The van der Waals surface area contributed by atoms with Crippen LogP contribution in [-0.4, -0.2) is 27.3 Å². The first kappa shape index (κ1) is 17.6. The van der Waals surface area contributed by atoms with Gasteiger partial charge in [-0.15, -0.1) is 0 Å². The van der Waals surface area contributed by atoms with Gasteiger partial charge in [0.15, 0.2) is 0 Å². The van der Waals surface area contributed by atoms with Crippen molar-refractivity contribution in [3.05, 3.63) is 21.5 Å². The van der Waals surface area contributed by atoms with Crippen LogP contribution in [0.25, 0.3) is 0 Å². The molecule has 2 unspecified atom stereocenters. The minimum atomic E-state index is -0.261. The summed E-state index contributed by atoms with van der Waals surface area (Å²) in [5.41, 5.74) is 1.58. The van der Waals surface area contributed by atoms with Gasteiger partial charge in [-0.05, 0) is 32.7 Å². The van der Waals surface area contributed by atoms with E-state index in [1.54, 1.807) is 4.68 Å². The van der Waals surface area contributed by atoms with E-state index in [0.717, 1.165) is 31.5 Å². The third-order valence-electron chi connectivity index (χ3n) is 3.92. The van der Waals surface area contributed by atoms with E-state index in [0.29, 0.717) is 12.1 Å². The highest BCUT2D eigenvalue weighted by Gasteiger charge is 2.33. The van der Waals surface area contributed by atoms with E-state index in [1.165, 1.54) is 0 Å². The van der Waals surface area contributed by atoms with Crippen molar-refractivity contribution in [2.24, 2.45) is 7.05 Å². The minimum Gasteiger partial charge on any atom is -0.314 e. The molecule has 0 aromatic carbocycles. The van der Waals surface area contributed by atoms with Crippen LogP contribution in [0, 0.1) is 10.1 Å². The normalized spacial score (nSPS) is 14.1. The first-order valence-corrected chi connectivity index (χ1v) is 7.91. The highest BCUT2D eigenvalue weighted by Crippen LogP contribution is 2.34. The molecule has 0 amide bonds. The Labute approximate surface area is 127 Å². The van der Waals surface area contributed by atoms with Crippen LogP contribution < -0.4 is 5.32 Å². The molecule has 1 heterocycles. The number of rotatable bonds is 9. The van der Waals surface area contributed by atoms with Crippen molar-refractivity contribution < 1.29 is 4.92 Å². The molecule has 21 heavy (non-hydrogen) atoms. The van der Waals surface area contributed by atoms with Crippen molar-refractivity contribution in [2.75, 3.05) is 6.54 Å². The average molecular weight is 296 g/mol. The number of nitrogens with zero attached hydrogens (tertiary/aromatic N) is 3. The van der Waals surface area contributed by atoms with Gasteiger partial charge in [-0.25, -0.2) is 0 Å². The SMILES string of the molecule is CCCNC(C)C(CC)c1c([N+](=O)[O-])c(CCC)nn1C. The molecule has 1 N–H and O–H groups in total. The van der Waals surface area contributed by atoms with Crippen LogP contribution in [0.1, 0.15) is 64.3 Å². The van der Waals surface area contributed by atoms with Crippen molar-refractivity contribution in [1.29, 1.82) is 0 Å². The molecule has 6 nitrogen and oxygen atoms in total. The van der Waals surface area contributed by atoms with Crippen molar-refractivity contribution in [3.8, 4) is 0 Å². The molecule has 0 saturated carbocycles. The summed E-state index contributed by atoms with van der Waals surface area (Å²) in [7, 11) is 1.82. The van der Waals surface area contributed by atoms with Crippen LogP contribution in [0.2, 0.25) is 0 Å². The first-order chi connectivity index (χ1) is 9.97. The van der Waals surface area contributed by atoms with Crippen LogP contribution >= 0.6 is 0 Å². The Balaban J connectivity index is 3.21. The van der Waals surface area contributed by atoms with Crippen molar-refractivity contribution in [2.45, 2.75) is 65.3 Å². The summed E-state index contributed by atoms with van der Waals surface area (Å²) in [6.07, 6.45) is 3.41. The van der Waals surface area contributed by atoms with Gasteiger partial charge in [0.1, 0.15) is 11.4 Å². The van der Waals surface area contributed by atoms with E-state index < -0.39 is 0 Å². The Morgan fingerprint density at radius 1 is 1.33 bits per heavy atom. The second-order valence-electron chi connectivity index (χ2n) is 5.57. The summed E-state index contributed by atoms with van der Waals surface area (Å²) in [6.45, 7) is 9.23. The molecular formula is C15H28N4O2. The molecule has 1 aromatic heterocycles. The molecule has 0 saturated heterocycles. The standard InChI is InChI=1S/C15H28N4O2/c1-6-9-13-15(19(20)21)14(18(5)17-13)12(8-3)11(4)16-10-7-2/h11-12,16H,6-10H2,1-5H3. The zero-order chi connectivity index (χ0) is 16.0. The lowest BCUT2D eigenvalue weighted by Crippen LogP contribution is -2.33. The van der Waals surface area contributed by atoms with Gasteiger partial charge in [0.2, 0.25) is 0 Å². The lowest BCUT2D eigenvalue weighted by molar-refractivity contribution is -0.386. The predicted octanol–water partition coefficient (Wildman–Crippen LogP) is 3.16. The average Bonchev–Trinajstić information content (AvgIpc) is 2.75. The van der Waals surface area contributed by atoms with Crippen LogP contribution in [0.4, 0.5) is 5.69 Å². The lowest BCUT2D eigenvalue weighted by Gasteiger charge is -2.23. The molecular weight excluding hydrogens is 268 g/mol. The molecule has 0 radical (unpaired) electrons. The fourth-order valence-corrected chi connectivity index (χ4v) is 2.90. The van der Waals surface area contributed by atoms with Crippen LogP contribution in [0.3, 0.4) is 0 Å². The van der Waals surface area contributed by atoms with Crippen molar-refractivity contribution >= 4 is 5.69 Å². The maximum absolute atomic E-state index is 11.5. The third kappa shape index (κ3) is 4.03. The Kier molecular flexibility index (Phi) is 6.81. The molecule has 120 valence electrons. The number of hydrogen-bond acceptors (Lipinski definition) is 4. The Bertz CT molecular complexity index is 470. The fourth-order valence-electron chi connectivity index (χ4n) is 2.90. The summed E-state index contributed by atoms with van der Waals surface area (Å²) in [5.74, 6) is 0.0973.